The first-order chi connectivity index (χ1) is 19.0. The van der Waals surface area contributed by atoms with E-state index in [1.54, 1.807) is 11.3 Å². The molecule has 0 aliphatic carbocycles. The molecule has 3 aromatic rings. The van der Waals surface area contributed by atoms with Gasteiger partial charge in [0.25, 0.3) is 5.91 Å². The van der Waals surface area contributed by atoms with Crippen molar-refractivity contribution in [2.45, 2.75) is 50.9 Å². The molecule has 2 unspecified atom stereocenters. The summed E-state index contributed by atoms with van der Waals surface area (Å²) in [6.07, 6.45) is 1.40. The van der Waals surface area contributed by atoms with Gasteiger partial charge in [0.1, 0.15) is 11.9 Å². The predicted octanol–water partition coefficient (Wildman–Crippen LogP) is 5.13. The number of fused-ring (bicyclic) bond motifs is 3. The summed E-state index contributed by atoms with van der Waals surface area (Å²) in [6, 6.07) is 18.3. The van der Waals surface area contributed by atoms with E-state index in [0.717, 1.165) is 22.5 Å². The Hall–Kier alpha value is -3.76. The van der Waals surface area contributed by atoms with Crippen LogP contribution in [-0.2, 0) is 27.3 Å². The van der Waals surface area contributed by atoms with E-state index in [2.05, 4.69) is 22.5 Å². The zero-order valence-corrected chi connectivity index (χ0v) is 23.3. The van der Waals surface area contributed by atoms with E-state index in [1.165, 1.54) is 22.2 Å². The van der Waals surface area contributed by atoms with Crippen molar-refractivity contribution >= 4 is 63.2 Å². The molecule has 2 atom stereocenters. The molecule has 2 aromatic carbocycles. The topological polar surface area (TPSA) is 103 Å². The van der Waals surface area contributed by atoms with Crippen molar-refractivity contribution in [3.8, 4) is 0 Å². The van der Waals surface area contributed by atoms with Crippen LogP contribution >= 0.6 is 23.1 Å². The number of thioether (sulfide) groups is 1. The second kappa shape index (κ2) is 12.0. The molecule has 0 saturated carbocycles. The van der Waals surface area contributed by atoms with Gasteiger partial charge in [-0.15, -0.1) is 11.3 Å². The first kappa shape index (κ1) is 26.8. The molecule has 0 radical (unpaired) electrons. The van der Waals surface area contributed by atoms with E-state index < -0.39 is 11.3 Å². The Bertz CT molecular complexity index is 1430. The zero-order chi connectivity index (χ0) is 27.4. The van der Waals surface area contributed by atoms with Gasteiger partial charge in [0.2, 0.25) is 11.8 Å². The minimum atomic E-state index is -0.855. The Morgan fingerprint density at radius 3 is 2.59 bits per heavy atom. The predicted molar refractivity (Wildman–Crippen MR) is 158 cm³/mol. The number of hydrogen-bond donors (Lipinski definition) is 2. The minimum absolute atomic E-state index is 0.0598. The fraction of sp³-hybridized carbons (Fsp3) is 0.276. The lowest BCUT2D eigenvalue weighted by Gasteiger charge is -2.27. The number of anilines is 1. The van der Waals surface area contributed by atoms with Crippen LogP contribution in [0.1, 0.15) is 42.7 Å². The van der Waals surface area contributed by atoms with Crippen LogP contribution in [0.15, 0.2) is 76.0 Å². The van der Waals surface area contributed by atoms with Crippen molar-refractivity contribution in [1.82, 2.24) is 10.2 Å². The summed E-state index contributed by atoms with van der Waals surface area (Å²) in [7, 11) is 0. The maximum absolute atomic E-state index is 13.6. The molecule has 1 aromatic heterocycles. The number of aryl methyl sites for hydroxylation is 1. The van der Waals surface area contributed by atoms with Crippen molar-refractivity contribution in [3.63, 3.8) is 0 Å². The Morgan fingerprint density at radius 2 is 1.87 bits per heavy atom. The second-order valence-corrected chi connectivity index (χ2v) is 11.4. The molecular formula is C29H29N5O3S2. The summed E-state index contributed by atoms with van der Waals surface area (Å²) in [5.41, 5.74) is 3.32. The number of para-hydroxylation sites is 1. The smallest absolute Gasteiger partial charge is 0.259 e. The van der Waals surface area contributed by atoms with Gasteiger partial charge in [0.15, 0.2) is 5.17 Å². The van der Waals surface area contributed by atoms with Gasteiger partial charge in [-0.05, 0) is 54.1 Å². The van der Waals surface area contributed by atoms with Crippen molar-refractivity contribution < 1.29 is 14.4 Å². The molecule has 10 heteroatoms. The van der Waals surface area contributed by atoms with Crippen molar-refractivity contribution in [2.75, 3.05) is 5.32 Å². The quantitative estimate of drug-likeness (QED) is 0.380. The number of carbonyl (C=O) groups is 3. The molecule has 0 fully saturated rings. The molecule has 2 aliphatic heterocycles. The third-order valence-electron chi connectivity index (χ3n) is 6.51. The highest BCUT2D eigenvalue weighted by atomic mass is 32.2. The first-order valence-corrected chi connectivity index (χ1v) is 14.7. The molecule has 0 saturated heterocycles. The Morgan fingerprint density at radius 1 is 1.08 bits per heavy atom. The maximum atomic E-state index is 13.6. The average Bonchev–Trinajstić information content (AvgIpc) is 3.59. The molecule has 0 bridgehead atoms. The molecule has 2 aliphatic rings. The Labute approximate surface area is 235 Å². The molecule has 200 valence electrons. The zero-order valence-electron chi connectivity index (χ0n) is 21.7. The number of nitrogens with one attached hydrogen (secondary N) is 2. The Balaban J connectivity index is 1.33. The van der Waals surface area contributed by atoms with Gasteiger partial charge in [0, 0.05) is 16.1 Å². The van der Waals surface area contributed by atoms with Crippen molar-refractivity contribution in [2.24, 2.45) is 9.98 Å². The highest BCUT2D eigenvalue weighted by molar-refractivity contribution is 8.15. The van der Waals surface area contributed by atoms with Gasteiger partial charge < -0.3 is 10.6 Å². The van der Waals surface area contributed by atoms with Gasteiger partial charge in [-0.1, -0.05) is 55.9 Å². The highest BCUT2D eigenvalue weighted by Crippen LogP contribution is 2.36. The number of nitrogens with zero attached hydrogens (tertiary/aromatic N) is 3. The van der Waals surface area contributed by atoms with E-state index in [-0.39, 0.29) is 24.1 Å². The number of thiophene rings is 1. The standard InChI is InChI=1S/C29H29N5O3S2/c1-3-18-11-13-19(14-12-18)31-27(36)24(4-2)39-29-33-22-10-6-5-9-21(22)26-32-23(28(37)34(26)29)16-25(35)30-17-20-8-7-15-38-20/h5-15,23-24H,3-4,16-17H2,1-2H3,(H,30,35)(H,31,36). The first-order valence-electron chi connectivity index (χ1n) is 12.9. The van der Waals surface area contributed by atoms with Gasteiger partial charge >= 0.3 is 0 Å². The van der Waals surface area contributed by atoms with Gasteiger partial charge in [-0.2, -0.15) is 0 Å². The normalized spacial score (nSPS) is 16.6. The number of carbonyl (C=O) groups excluding carboxylic acids is 3. The molecule has 8 nitrogen and oxygen atoms in total. The molecular weight excluding hydrogens is 530 g/mol. The summed E-state index contributed by atoms with van der Waals surface area (Å²) in [4.78, 5) is 51.3. The number of aliphatic imine (C=N–C) groups is 2. The molecule has 3 amide bonds. The van der Waals surface area contributed by atoms with Crippen LogP contribution in [-0.4, -0.2) is 44.9 Å². The van der Waals surface area contributed by atoms with Crippen molar-refractivity contribution in [3.05, 3.63) is 82.0 Å². The van der Waals surface area contributed by atoms with Crippen LogP contribution in [0.4, 0.5) is 11.4 Å². The van der Waals surface area contributed by atoms with Crippen LogP contribution in [0.3, 0.4) is 0 Å². The second-order valence-electron chi connectivity index (χ2n) is 9.17. The number of amides is 3. The molecule has 39 heavy (non-hydrogen) atoms. The maximum Gasteiger partial charge on any atom is 0.259 e. The fourth-order valence-electron chi connectivity index (χ4n) is 4.36. The molecule has 5 rings (SSSR count). The summed E-state index contributed by atoms with van der Waals surface area (Å²) in [5, 5.41) is 7.72. The average molecular weight is 560 g/mol. The summed E-state index contributed by atoms with van der Waals surface area (Å²) in [6.45, 7) is 4.42. The van der Waals surface area contributed by atoms with E-state index >= 15 is 0 Å². The minimum Gasteiger partial charge on any atom is -0.351 e. The highest BCUT2D eigenvalue weighted by Gasteiger charge is 2.43. The number of hydrogen-bond acceptors (Lipinski definition) is 7. The van der Waals surface area contributed by atoms with Crippen LogP contribution in [0.5, 0.6) is 0 Å². The summed E-state index contributed by atoms with van der Waals surface area (Å²) < 4.78 is 0. The lowest BCUT2D eigenvalue weighted by atomic mass is 10.1. The Kier molecular flexibility index (Phi) is 8.23. The van der Waals surface area contributed by atoms with Gasteiger partial charge in [-0.3, -0.25) is 19.4 Å². The van der Waals surface area contributed by atoms with Gasteiger partial charge in [0.05, 0.1) is 23.9 Å². The summed E-state index contributed by atoms with van der Waals surface area (Å²) in [5.74, 6) is -0.259. The fourth-order valence-corrected chi connectivity index (χ4v) is 6.02. The van der Waals surface area contributed by atoms with Crippen LogP contribution < -0.4 is 10.6 Å². The van der Waals surface area contributed by atoms with Gasteiger partial charge in [-0.25, -0.2) is 9.89 Å². The SMILES string of the molecule is CCc1ccc(NC(=O)C(CC)SC2=Nc3ccccc3C3=NC(CC(=O)NCc4cccs4)C(=O)N23)cc1. The monoisotopic (exact) mass is 559 g/mol. The van der Waals surface area contributed by atoms with E-state index in [4.69, 9.17) is 4.99 Å². The lowest BCUT2D eigenvalue weighted by molar-refractivity contribution is -0.128. The lowest BCUT2D eigenvalue weighted by Crippen LogP contribution is -2.43. The van der Waals surface area contributed by atoms with E-state index in [9.17, 15) is 14.4 Å². The third kappa shape index (κ3) is 5.97. The van der Waals surface area contributed by atoms with E-state index in [1.807, 2.05) is 73.0 Å². The van der Waals surface area contributed by atoms with Crippen LogP contribution in [0.2, 0.25) is 0 Å². The number of benzene rings is 2. The van der Waals surface area contributed by atoms with Crippen LogP contribution in [0.25, 0.3) is 0 Å². The van der Waals surface area contributed by atoms with Crippen LogP contribution in [0, 0.1) is 0 Å². The number of rotatable bonds is 9. The number of amidine groups is 2. The summed E-state index contributed by atoms with van der Waals surface area (Å²) >= 11 is 2.80. The van der Waals surface area contributed by atoms with E-state index in [0.29, 0.717) is 29.7 Å². The van der Waals surface area contributed by atoms with Crippen molar-refractivity contribution in [1.29, 1.82) is 0 Å². The largest absolute Gasteiger partial charge is 0.351 e. The molecule has 0 spiro atoms. The molecule has 3 heterocycles. The third-order valence-corrected chi connectivity index (χ3v) is 8.70. The molecule has 2 N–H and O–H groups in total.